The predicted molar refractivity (Wildman–Crippen MR) is 529 cm³/mol. The maximum atomic E-state index is 11.4. The normalized spacial score (nSPS) is 12.4. The van der Waals surface area contributed by atoms with Crippen molar-refractivity contribution < 1.29 is 4.74 Å². The summed E-state index contributed by atoms with van der Waals surface area (Å²) in [6.07, 6.45) is 24.5. The number of fused-ring (bicyclic) bond motifs is 3. The van der Waals surface area contributed by atoms with Crippen LogP contribution >= 0.6 is 0 Å². The van der Waals surface area contributed by atoms with Gasteiger partial charge < -0.3 is 24.3 Å². The van der Waals surface area contributed by atoms with E-state index >= 15 is 0 Å². The van der Waals surface area contributed by atoms with Gasteiger partial charge in [-0.25, -0.2) is 9.69 Å². The van der Waals surface area contributed by atoms with E-state index in [1.807, 2.05) is 129 Å². The zero-order chi connectivity index (χ0) is 87.4. The predicted octanol–water partition coefficient (Wildman–Crippen LogP) is 33.7. The molecule has 0 heterocycles. The van der Waals surface area contributed by atoms with E-state index in [9.17, 15) is 10.5 Å². The Morgan fingerprint density at radius 1 is 0.392 bits per heavy atom. The standard InChI is InChI=1S/C63H62N4.C53H52N4O/c1-6-8-10-24-38-63(39-25-11-9-7-2)59-40-47(3)34-36-57(59)58-37-35-49(43-60(58)63)52(46-64)42-51-45-61(66(53-26-16-12-17-27-53)54-28-18-13-19-29-54)50(41-48(4)65-5)44-62(51)67(55-30-20-14-21-31-55)56-32-22-15-23-33-56;1-7-9-22-42(8-2)38-58-53-36-49(40(4)32-41(53)5)50(55-6)33-44-35-51(56(45-23-14-10-15-24-45)46-25-16-11-17-26-46)43(31-39(3)37-54)34-52(44)57(47-27-18-12-19-28-47)48-29-20-13-21-30-48/h12-23,26-37,40-45H,6-11,24-25,38-39H2,1-4H3;10-21,23-36,42H,7-9,22,38H2,1-5H3/b48-41-,52-42+;39-31-,50-33-. The SMILES string of the molecule is [C-]#[N+]/C(=C\c1cc(N(c2ccccc2)c2ccccc2)c(/C=C(/C)C#N)cc1N(c1ccccc1)c1ccccc1)c1cc(OCC(CC)CCCC)c(C)cc1C.[C-]#[N+]/C(C)=C\c1cc(N(c2ccccc2)c2ccccc2)c(/C=C(\C#N)c2ccc3c(c2)C(CCCCCC)(CCCCCC)c2cc(C)ccc2-3)cc1N(c1ccccc1)c1ccccc1. The molecular formula is C116H114N8O. The molecule has 0 saturated heterocycles. The van der Waals surface area contributed by atoms with E-state index in [1.54, 1.807) is 0 Å². The third-order valence-corrected chi connectivity index (χ3v) is 23.9. The minimum absolute atomic E-state index is 0.120. The molecule has 9 nitrogen and oxygen atoms in total. The molecule has 0 fully saturated rings. The summed E-state index contributed by atoms with van der Waals surface area (Å²) in [4.78, 5) is 17.1. The van der Waals surface area contributed by atoms with Crippen LogP contribution in [0.15, 0.2) is 327 Å². The van der Waals surface area contributed by atoms with E-state index in [0.717, 1.165) is 144 Å². The number of anilines is 12. The Bertz CT molecular complexity index is 5920. The van der Waals surface area contributed by atoms with Crippen molar-refractivity contribution >= 4 is 104 Å². The van der Waals surface area contributed by atoms with Crippen LogP contribution in [-0.4, -0.2) is 6.61 Å². The van der Waals surface area contributed by atoms with Gasteiger partial charge in [-0.05, 0) is 262 Å². The van der Waals surface area contributed by atoms with Gasteiger partial charge in [0.1, 0.15) is 5.75 Å². The Hall–Kier alpha value is -14.2. The molecule has 1 unspecified atom stereocenters. The van der Waals surface area contributed by atoms with Crippen LogP contribution < -0.4 is 24.3 Å². The smallest absolute Gasteiger partial charge is 0.195 e. The third kappa shape index (κ3) is 21.3. The van der Waals surface area contributed by atoms with Gasteiger partial charge in [0.15, 0.2) is 11.4 Å². The topological polar surface area (TPSA) is 78.5 Å². The van der Waals surface area contributed by atoms with Crippen molar-refractivity contribution in [2.45, 2.75) is 158 Å². The number of unbranched alkanes of at least 4 members (excludes halogenated alkanes) is 7. The van der Waals surface area contributed by atoms with Gasteiger partial charge in [-0.1, -0.05) is 298 Å². The summed E-state index contributed by atoms with van der Waals surface area (Å²) in [5.74, 6) is 1.30. The molecular weight excluding hydrogens is 1520 g/mol. The maximum absolute atomic E-state index is 11.4. The minimum atomic E-state index is -0.120. The lowest BCUT2D eigenvalue weighted by Gasteiger charge is -2.33. The molecule has 0 aromatic heterocycles. The van der Waals surface area contributed by atoms with Crippen LogP contribution in [0.4, 0.5) is 68.2 Å². The van der Waals surface area contributed by atoms with Crippen molar-refractivity contribution in [3.05, 3.63) is 411 Å². The molecule has 1 atom stereocenters. The Morgan fingerprint density at radius 3 is 1.14 bits per heavy atom. The molecule has 624 valence electrons. The van der Waals surface area contributed by atoms with Crippen molar-refractivity contribution in [3.63, 3.8) is 0 Å². The zero-order valence-electron chi connectivity index (χ0n) is 74.0. The molecule has 0 bridgehead atoms. The fraction of sp³-hybridized carbons (Fsp3) is 0.224. The number of nitrogens with zero attached hydrogens (tertiary/aromatic N) is 8. The van der Waals surface area contributed by atoms with Gasteiger partial charge >= 0.3 is 0 Å². The fourth-order valence-corrected chi connectivity index (χ4v) is 17.5. The summed E-state index contributed by atoms with van der Waals surface area (Å²) < 4.78 is 6.54. The Kier molecular flexibility index (Phi) is 30.8. The van der Waals surface area contributed by atoms with Crippen LogP contribution in [0.1, 0.15) is 193 Å². The van der Waals surface area contributed by atoms with E-state index < -0.39 is 0 Å². The molecule has 0 amide bonds. The highest BCUT2D eigenvalue weighted by Gasteiger charge is 2.43. The third-order valence-electron chi connectivity index (χ3n) is 23.9. The molecule has 0 radical (unpaired) electrons. The Balaban J connectivity index is 0.000000217. The van der Waals surface area contributed by atoms with Crippen LogP contribution in [0, 0.1) is 62.5 Å². The van der Waals surface area contributed by atoms with Crippen molar-refractivity contribution in [2.24, 2.45) is 5.92 Å². The first-order valence-corrected chi connectivity index (χ1v) is 44.6. The van der Waals surface area contributed by atoms with E-state index in [1.165, 1.54) is 92.0 Å². The van der Waals surface area contributed by atoms with Crippen molar-refractivity contribution in [1.82, 2.24) is 0 Å². The number of benzene rings is 13. The van der Waals surface area contributed by atoms with E-state index in [0.29, 0.717) is 35.1 Å². The van der Waals surface area contributed by atoms with E-state index in [-0.39, 0.29) is 5.41 Å². The first-order chi connectivity index (χ1) is 61.2. The number of allylic oxidation sites excluding steroid dienone is 3. The number of para-hydroxylation sites is 8. The van der Waals surface area contributed by atoms with Crippen molar-refractivity contribution in [2.75, 3.05) is 26.2 Å². The second-order valence-electron chi connectivity index (χ2n) is 32.8. The number of ether oxygens (including phenoxy) is 1. The first kappa shape index (κ1) is 88.6. The highest BCUT2D eigenvalue weighted by Crippen LogP contribution is 2.56. The molecule has 0 aliphatic heterocycles. The monoisotopic (exact) mass is 1630 g/mol. The lowest BCUT2D eigenvalue weighted by molar-refractivity contribution is 0.232. The Labute approximate surface area is 743 Å². The molecule has 0 spiro atoms. The molecule has 1 aliphatic carbocycles. The number of rotatable bonds is 35. The first-order valence-electron chi connectivity index (χ1n) is 44.6. The summed E-state index contributed by atoms with van der Waals surface area (Å²) in [5, 5.41) is 21.6. The largest absolute Gasteiger partial charge is 0.493 e. The molecule has 0 N–H and O–H groups in total. The number of hydrogen-bond acceptors (Lipinski definition) is 7. The number of aryl methyl sites for hydroxylation is 3. The molecule has 13 aromatic carbocycles. The van der Waals surface area contributed by atoms with Crippen LogP contribution in [0.25, 0.3) is 56.4 Å². The van der Waals surface area contributed by atoms with Gasteiger partial charge in [-0.3, -0.25) is 0 Å². The van der Waals surface area contributed by atoms with Gasteiger partial charge in [-0.2, -0.15) is 10.5 Å². The maximum Gasteiger partial charge on any atom is 0.195 e. The van der Waals surface area contributed by atoms with Crippen LogP contribution in [0.3, 0.4) is 0 Å². The second-order valence-corrected chi connectivity index (χ2v) is 32.8. The number of nitriles is 2. The van der Waals surface area contributed by atoms with Crippen LogP contribution in [0.2, 0.25) is 0 Å². The van der Waals surface area contributed by atoms with Gasteiger partial charge in [0.25, 0.3) is 0 Å². The molecule has 125 heavy (non-hydrogen) atoms. The summed E-state index contributed by atoms with van der Waals surface area (Å²) in [6.45, 7) is 36.5. The summed E-state index contributed by atoms with van der Waals surface area (Å²) >= 11 is 0. The van der Waals surface area contributed by atoms with Crippen LogP contribution in [0.5, 0.6) is 5.75 Å². The summed E-state index contributed by atoms with van der Waals surface area (Å²) in [7, 11) is 0. The minimum Gasteiger partial charge on any atom is -0.493 e. The molecule has 1 aliphatic rings. The van der Waals surface area contributed by atoms with E-state index in [4.69, 9.17) is 17.9 Å². The molecule has 14 rings (SSSR count). The molecule has 13 aromatic rings. The molecule has 9 heteroatoms. The van der Waals surface area contributed by atoms with E-state index in [2.05, 4.69) is 314 Å². The van der Waals surface area contributed by atoms with Crippen molar-refractivity contribution in [1.29, 1.82) is 10.5 Å². The lowest BCUT2D eigenvalue weighted by Crippen LogP contribution is -2.26. The molecule has 0 saturated carbocycles. The summed E-state index contributed by atoms with van der Waals surface area (Å²) in [5.41, 5.74) is 27.5. The zero-order valence-corrected chi connectivity index (χ0v) is 74.0. The average Bonchev–Trinajstić information content (AvgIpc) is 1.57. The Morgan fingerprint density at radius 2 is 0.768 bits per heavy atom. The van der Waals surface area contributed by atoms with Gasteiger partial charge in [0.2, 0.25) is 0 Å². The number of hydrogen-bond donors (Lipinski definition) is 0. The highest BCUT2D eigenvalue weighted by atomic mass is 16.5. The fourth-order valence-electron chi connectivity index (χ4n) is 17.5. The quantitative estimate of drug-likeness (QED) is 0.0169. The van der Waals surface area contributed by atoms with Gasteiger partial charge in [-0.15, -0.1) is 0 Å². The summed E-state index contributed by atoms with van der Waals surface area (Å²) in [6, 6.07) is 115. The second kappa shape index (κ2) is 43.5. The average molecular weight is 1640 g/mol. The van der Waals surface area contributed by atoms with Gasteiger partial charge in [0.05, 0.1) is 60.2 Å². The lowest BCUT2D eigenvalue weighted by atomic mass is 9.70. The van der Waals surface area contributed by atoms with Crippen LogP contribution in [-0.2, 0) is 5.41 Å². The van der Waals surface area contributed by atoms with Crippen molar-refractivity contribution in [3.8, 4) is 29.0 Å². The highest BCUT2D eigenvalue weighted by molar-refractivity contribution is 6.00. The van der Waals surface area contributed by atoms with Gasteiger partial charge in [0, 0.05) is 67.6 Å².